The lowest BCUT2D eigenvalue weighted by Gasteiger charge is -1.85. The SMILES string of the molecule is NOc1nc2nc(Cl)ncc2[nH]1. The van der Waals surface area contributed by atoms with Gasteiger partial charge in [0.2, 0.25) is 5.28 Å². The van der Waals surface area contributed by atoms with Gasteiger partial charge in [0.1, 0.15) is 5.52 Å². The third-order valence-corrected chi connectivity index (χ3v) is 1.48. The van der Waals surface area contributed by atoms with Gasteiger partial charge in [-0.1, -0.05) is 0 Å². The van der Waals surface area contributed by atoms with Gasteiger partial charge in [-0.05, 0) is 11.6 Å². The molecule has 0 atom stereocenters. The van der Waals surface area contributed by atoms with E-state index in [0.29, 0.717) is 11.2 Å². The van der Waals surface area contributed by atoms with E-state index >= 15 is 0 Å². The number of nitrogens with two attached hydrogens (primary N) is 1. The molecule has 6 nitrogen and oxygen atoms in total. The molecular formula is C5H4ClN5O. The third-order valence-electron chi connectivity index (χ3n) is 1.30. The molecule has 0 saturated heterocycles. The summed E-state index contributed by atoms with van der Waals surface area (Å²) in [6.07, 6.45) is 1.50. The molecule has 0 amide bonds. The summed E-state index contributed by atoms with van der Waals surface area (Å²) in [5.74, 6) is 4.88. The molecule has 2 rings (SSSR count). The summed E-state index contributed by atoms with van der Waals surface area (Å²) >= 11 is 5.52. The standard InChI is InChI=1S/C5H4ClN5O/c6-4-8-1-2-3(10-4)11-5(9-2)12-7/h1H,7H2,(H,8,9,10,11). The van der Waals surface area contributed by atoms with E-state index in [2.05, 4.69) is 24.8 Å². The molecular weight excluding hydrogens is 182 g/mol. The van der Waals surface area contributed by atoms with Gasteiger partial charge in [0.15, 0.2) is 5.65 Å². The molecule has 3 N–H and O–H groups in total. The third kappa shape index (κ3) is 1.06. The number of aromatic nitrogens is 4. The molecule has 12 heavy (non-hydrogen) atoms. The van der Waals surface area contributed by atoms with E-state index in [9.17, 15) is 0 Å². The molecule has 0 saturated carbocycles. The van der Waals surface area contributed by atoms with Crippen LogP contribution in [0.4, 0.5) is 0 Å². The van der Waals surface area contributed by atoms with E-state index in [1.807, 2.05) is 0 Å². The lowest BCUT2D eigenvalue weighted by Crippen LogP contribution is -2.02. The fourth-order valence-electron chi connectivity index (χ4n) is 0.821. The zero-order valence-corrected chi connectivity index (χ0v) is 6.54. The van der Waals surface area contributed by atoms with Crippen LogP contribution in [0.5, 0.6) is 6.01 Å². The average Bonchev–Trinajstić information content (AvgIpc) is 2.46. The van der Waals surface area contributed by atoms with Crippen molar-refractivity contribution in [3.63, 3.8) is 0 Å². The van der Waals surface area contributed by atoms with Crippen molar-refractivity contribution < 1.29 is 4.84 Å². The molecule has 0 spiro atoms. The van der Waals surface area contributed by atoms with Crippen molar-refractivity contribution in [1.82, 2.24) is 19.9 Å². The van der Waals surface area contributed by atoms with Crippen LogP contribution in [0.3, 0.4) is 0 Å². The Morgan fingerprint density at radius 3 is 3.08 bits per heavy atom. The van der Waals surface area contributed by atoms with Crippen LogP contribution < -0.4 is 10.7 Å². The molecule has 2 aromatic rings. The predicted octanol–water partition coefficient (Wildman–Crippen LogP) is 0.259. The Balaban J connectivity index is 2.67. The minimum absolute atomic E-state index is 0.137. The number of hydrogen-bond acceptors (Lipinski definition) is 5. The molecule has 0 aliphatic carbocycles. The monoisotopic (exact) mass is 185 g/mol. The minimum atomic E-state index is 0.137. The first-order valence-corrected chi connectivity index (χ1v) is 3.42. The van der Waals surface area contributed by atoms with Crippen molar-refractivity contribution in [1.29, 1.82) is 0 Å². The summed E-state index contributed by atoms with van der Waals surface area (Å²) < 4.78 is 0. The molecule has 62 valence electrons. The molecule has 7 heteroatoms. The number of aromatic amines is 1. The summed E-state index contributed by atoms with van der Waals surface area (Å²) in [6.45, 7) is 0. The van der Waals surface area contributed by atoms with Crippen LogP contribution in [0.15, 0.2) is 6.20 Å². The van der Waals surface area contributed by atoms with Gasteiger partial charge in [0.05, 0.1) is 6.20 Å². The normalized spacial score (nSPS) is 10.5. The fraction of sp³-hybridized carbons (Fsp3) is 0. The first kappa shape index (κ1) is 7.26. The van der Waals surface area contributed by atoms with Crippen LogP contribution in [0.2, 0.25) is 5.28 Å². The number of fused-ring (bicyclic) bond motifs is 1. The summed E-state index contributed by atoms with van der Waals surface area (Å²) in [4.78, 5) is 18.5. The van der Waals surface area contributed by atoms with Crippen LogP contribution >= 0.6 is 11.6 Å². The Morgan fingerprint density at radius 1 is 1.50 bits per heavy atom. The largest absolute Gasteiger partial charge is 0.373 e. The first-order valence-electron chi connectivity index (χ1n) is 3.04. The average molecular weight is 186 g/mol. The van der Waals surface area contributed by atoms with E-state index in [4.69, 9.17) is 17.5 Å². The maximum Gasteiger partial charge on any atom is 0.315 e. The van der Waals surface area contributed by atoms with Crippen molar-refractivity contribution in [3.05, 3.63) is 11.5 Å². The number of halogens is 1. The lowest BCUT2D eigenvalue weighted by atomic mass is 10.6. The van der Waals surface area contributed by atoms with Crippen LogP contribution in [0.25, 0.3) is 11.2 Å². The van der Waals surface area contributed by atoms with Crippen molar-refractivity contribution in [3.8, 4) is 6.01 Å². The summed E-state index contributed by atoms with van der Waals surface area (Å²) in [7, 11) is 0. The van der Waals surface area contributed by atoms with Crippen molar-refractivity contribution in [2.75, 3.05) is 0 Å². The van der Waals surface area contributed by atoms with Crippen LogP contribution in [0.1, 0.15) is 0 Å². The van der Waals surface area contributed by atoms with E-state index < -0.39 is 0 Å². The Morgan fingerprint density at radius 2 is 2.33 bits per heavy atom. The summed E-state index contributed by atoms with van der Waals surface area (Å²) in [6, 6.07) is 0.182. The summed E-state index contributed by atoms with van der Waals surface area (Å²) in [5, 5.41) is 0.137. The summed E-state index contributed by atoms with van der Waals surface area (Å²) in [5.41, 5.74) is 1.05. The van der Waals surface area contributed by atoms with E-state index in [0.717, 1.165) is 0 Å². The Bertz CT molecular complexity index is 413. The molecule has 0 radical (unpaired) electrons. The number of nitrogens with one attached hydrogen (secondary N) is 1. The number of nitrogens with zero attached hydrogens (tertiary/aromatic N) is 3. The molecule has 0 fully saturated rings. The van der Waals surface area contributed by atoms with E-state index in [-0.39, 0.29) is 11.3 Å². The first-order chi connectivity index (χ1) is 5.79. The number of H-pyrrole nitrogens is 1. The highest BCUT2D eigenvalue weighted by Gasteiger charge is 2.04. The van der Waals surface area contributed by atoms with Crippen molar-refractivity contribution in [2.45, 2.75) is 0 Å². The Labute approximate surface area is 71.7 Å². The number of hydrogen-bond donors (Lipinski definition) is 2. The number of imidazole rings is 1. The smallest absolute Gasteiger partial charge is 0.315 e. The minimum Gasteiger partial charge on any atom is -0.373 e. The predicted molar refractivity (Wildman–Crippen MR) is 41.5 cm³/mol. The lowest BCUT2D eigenvalue weighted by molar-refractivity contribution is 0.310. The van der Waals surface area contributed by atoms with Crippen LogP contribution in [-0.2, 0) is 0 Å². The second-order valence-corrected chi connectivity index (χ2v) is 2.37. The van der Waals surface area contributed by atoms with Crippen LogP contribution in [0, 0.1) is 0 Å². The highest BCUT2D eigenvalue weighted by molar-refractivity contribution is 6.28. The molecule has 2 aromatic heterocycles. The maximum absolute atomic E-state index is 5.52. The zero-order valence-electron chi connectivity index (χ0n) is 5.78. The Hall–Kier alpha value is -1.40. The molecule has 0 aromatic carbocycles. The van der Waals surface area contributed by atoms with Crippen molar-refractivity contribution >= 4 is 22.8 Å². The molecule has 0 bridgehead atoms. The highest BCUT2D eigenvalue weighted by atomic mass is 35.5. The van der Waals surface area contributed by atoms with Gasteiger partial charge in [0, 0.05) is 0 Å². The van der Waals surface area contributed by atoms with Gasteiger partial charge in [-0.15, -0.1) is 0 Å². The Kier molecular flexibility index (Phi) is 1.56. The second kappa shape index (κ2) is 2.58. The topological polar surface area (TPSA) is 89.7 Å². The van der Waals surface area contributed by atoms with E-state index in [1.54, 1.807) is 0 Å². The van der Waals surface area contributed by atoms with Gasteiger partial charge in [-0.2, -0.15) is 15.9 Å². The second-order valence-electron chi connectivity index (χ2n) is 2.04. The van der Waals surface area contributed by atoms with Gasteiger partial charge in [-0.3, -0.25) is 0 Å². The zero-order chi connectivity index (χ0) is 8.55. The molecule has 0 unspecified atom stereocenters. The van der Waals surface area contributed by atoms with Gasteiger partial charge in [0.25, 0.3) is 0 Å². The van der Waals surface area contributed by atoms with Crippen LogP contribution in [-0.4, -0.2) is 19.9 Å². The van der Waals surface area contributed by atoms with Gasteiger partial charge >= 0.3 is 6.01 Å². The van der Waals surface area contributed by atoms with Crippen molar-refractivity contribution in [2.24, 2.45) is 5.90 Å². The van der Waals surface area contributed by atoms with E-state index in [1.165, 1.54) is 6.20 Å². The quantitative estimate of drug-likeness (QED) is 0.491. The molecule has 0 aliphatic rings. The maximum atomic E-state index is 5.52. The van der Waals surface area contributed by atoms with Gasteiger partial charge in [-0.25, -0.2) is 4.98 Å². The fourth-order valence-corrected chi connectivity index (χ4v) is 0.949. The number of rotatable bonds is 1. The highest BCUT2D eigenvalue weighted by Crippen LogP contribution is 2.13. The van der Waals surface area contributed by atoms with Gasteiger partial charge < -0.3 is 9.82 Å². The molecule has 2 heterocycles. The molecule has 0 aliphatic heterocycles.